The van der Waals surface area contributed by atoms with Crippen LogP contribution in [0.2, 0.25) is 5.02 Å². The minimum absolute atomic E-state index is 0.211. The van der Waals surface area contributed by atoms with Crippen molar-refractivity contribution in [2.45, 2.75) is 13.8 Å². The van der Waals surface area contributed by atoms with E-state index in [4.69, 9.17) is 22.1 Å². The summed E-state index contributed by atoms with van der Waals surface area (Å²) in [5.41, 5.74) is 4.48. The zero-order valence-corrected chi connectivity index (χ0v) is 19.6. The fourth-order valence-corrected chi connectivity index (χ4v) is 3.78. The van der Waals surface area contributed by atoms with Crippen molar-refractivity contribution < 1.29 is 5.11 Å². The van der Waals surface area contributed by atoms with Gasteiger partial charge in [-0.1, -0.05) is 11.6 Å². The number of aliphatic hydroxyl groups excluding tert-OH is 1. The van der Waals surface area contributed by atoms with E-state index in [-0.39, 0.29) is 6.61 Å². The Balaban J connectivity index is 1.71. The van der Waals surface area contributed by atoms with E-state index >= 15 is 0 Å². The molecule has 172 valence electrons. The SMILES string of the molecule is CN/C(=C\C(C)=N)Nc1cc(Nc2ccc(N3CCN(CCO)CC3)cc2C)c(Cl)cn1. The molecule has 0 amide bonds. The second-order valence-electron chi connectivity index (χ2n) is 7.84. The fourth-order valence-electron chi connectivity index (χ4n) is 3.63. The van der Waals surface area contributed by atoms with Gasteiger partial charge in [-0.2, -0.15) is 0 Å². The molecule has 32 heavy (non-hydrogen) atoms. The Morgan fingerprint density at radius 3 is 2.59 bits per heavy atom. The molecular formula is C23H32ClN7O. The highest BCUT2D eigenvalue weighted by Gasteiger charge is 2.17. The quantitative estimate of drug-likeness (QED) is 0.368. The second kappa shape index (κ2) is 11.2. The Hall–Kier alpha value is -2.81. The summed E-state index contributed by atoms with van der Waals surface area (Å²) in [6, 6.07) is 8.24. The monoisotopic (exact) mass is 457 g/mol. The summed E-state index contributed by atoms with van der Waals surface area (Å²) >= 11 is 6.40. The van der Waals surface area contributed by atoms with Crippen molar-refractivity contribution in [1.29, 1.82) is 5.41 Å². The number of rotatable bonds is 9. The number of aryl methyl sites for hydroxylation is 1. The van der Waals surface area contributed by atoms with Gasteiger partial charge in [0.15, 0.2) is 0 Å². The van der Waals surface area contributed by atoms with Crippen molar-refractivity contribution in [3.05, 3.63) is 52.9 Å². The van der Waals surface area contributed by atoms with Gasteiger partial charge in [0.1, 0.15) is 11.6 Å². The lowest BCUT2D eigenvalue weighted by Crippen LogP contribution is -2.47. The maximum Gasteiger partial charge on any atom is 0.133 e. The number of nitrogens with zero attached hydrogens (tertiary/aromatic N) is 3. The molecule has 5 N–H and O–H groups in total. The van der Waals surface area contributed by atoms with Crippen LogP contribution in [0.25, 0.3) is 0 Å². The average Bonchev–Trinajstić information content (AvgIpc) is 2.77. The zero-order chi connectivity index (χ0) is 23.1. The van der Waals surface area contributed by atoms with Crippen LogP contribution in [0.15, 0.2) is 42.4 Å². The minimum atomic E-state index is 0.211. The van der Waals surface area contributed by atoms with Crippen LogP contribution in [0.3, 0.4) is 0 Å². The molecule has 1 fully saturated rings. The second-order valence-corrected chi connectivity index (χ2v) is 8.25. The predicted octanol–water partition coefficient (Wildman–Crippen LogP) is 3.41. The lowest BCUT2D eigenvalue weighted by atomic mass is 10.1. The first-order valence-corrected chi connectivity index (χ1v) is 11.1. The molecule has 2 aromatic rings. The molecule has 0 unspecified atom stereocenters. The number of piperazine rings is 1. The number of anilines is 4. The van der Waals surface area contributed by atoms with E-state index in [0.717, 1.165) is 49.7 Å². The van der Waals surface area contributed by atoms with Gasteiger partial charge in [-0.05, 0) is 43.7 Å². The molecule has 2 heterocycles. The number of pyridine rings is 1. The molecule has 9 heteroatoms. The van der Waals surface area contributed by atoms with Gasteiger partial charge in [-0.15, -0.1) is 0 Å². The van der Waals surface area contributed by atoms with E-state index in [1.165, 1.54) is 5.69 Å². The molecule has 1 aromatic carbocycles. The first-order valence-electron chi connectivity index (χ1n) is 10.7. The van der Waals surface area contributed by atoms with Crippen molar-refractivity contribution in [3.8, 4) is 0 Å². The van der Waals surface area contributed by atoms with Crippen molar-refractivity contribution in [2.75, 3.05) is 61.9 Å². The lowest BCUT2D eigenvalue weighted by Gasteiger charge is -2.36. The number of allylic oxidation sites excluding steroid dienone is 1. The molecule has 1 aliphatic rings. The van der Waals surface area contributed by atoms with E-state index in [9.17, 15) is 0 Å². The van der Waals surface area contributed by atoms with Crippen LogP contribution in [0, 0.1) is 12.3 Å². The molecule has 1 aromatic heterocycles. The van der Waals surface area contributed by atoms with Gasteiger partial charge < -0.3 is 31.4 Å². The van der Waals surface area contributed by atoms with Crippen molar-refractivity contribution >= 4 is 40.2 Å². The largest absolute Gasteiger partial charge is 0.395 e. The molecule has 1 aliphatic heterocycles. The third kappa shape index (κ3) is 6.35. The van der Waals surface area contributed by atoms with E-state index in [2.05, 4.69) is 55.9 Å². The highest BCUT2D eigenvalue weighted by molar-refractivity contribution is 6.33. The highest BCUT2D eigenvalue weighted by Crippen LogP contribution is 2.31. The van der Waals surface area contributed by atoms with Gasteiger partial charge >= 0.3 is 0 Å². The molecular weight excluding hydrogens is 426 g/mol. The van der Waals surface area contributed by atoms with Crippen LogP contribution in [0.1, 0.15) is 12.5 Å². The van der Waals surface area contributed by atoms with Crippen molar-refractivity contribution in [1.82, 2.24) is 15.2 Å². The molecule has 1 saturated heterocycles. The Bertz CT molecular complexity index is 971. The number of benzene rings is 1. The summed E-state index contributed by atoms with van der Waals surface area (Å²) in [6.07, 6.45) is 3.29. The minimum Gasteiger partial charge on any atom is -0.395 e. The number of hydrogen-bond donors (Lipinski definition) is 5. The average molecular weight is 458 g/mol. The standard InChI is InChI=1S/C23H32ClN7O/c1-16-12-18(31-8-6-30(7-9-31)10-11-32)4-5-20(16)28-21-14-23(27-15-19(21)24)29-22(26-3)13-17(2)25/h4-5,12-15,25-26,32H,6-11H2,1-3H3,(H2,27,28,29)/b22-13+,25-17?. The maximum absolute atomic E-state index is 9.12. The van der Waals surface area contributed by atoms with Crippen LogP contribution in [0.5, 0.6) is 0 Å². The van der Waals surface area contributed by atoms with E-state index in [1.54, 1.807) is 26.2 Å². The number of β-amino-alcohol motifs (C(OH)–C–C–N with tert-alkyl or cyclic N) is 1. The van der Waals surface area contributed by atoms with Crippen molar-refractivity contribution in [2.24, 2.45) is 0 Å². The van der Waals surface area contributed by atoms with Crippen LogP contribution < -0.4 is 20.9 Å². The number of aliphatic hydroxyl groups is 1. The van der Waals surface area contributed by atoms with Crippen LogP contribution in [-0.2, 0) is 0 Å². The van der Waals surface area contributed by atoms with Gasteiger partial charge in [-0.3, -0.25) is 4.90 Å². The molecule has 8 nitrogen and oxygen atoms in total. The third-order valence-corrected chi connectivity index (χ3v) is 5.68. The molecule has 0 bridgehead atoms. The van der Waals surface area contributed by atoms with Crippen LogP contribution in [-0.4, -0.2) is 67.1 Å². The Labute approximate surface area is 194 Å². The normalized spacial score (nSPS) is 14.9. The number of halogens is 1. The van der Waals surface area contributed by atoms with Gasteiger partial charge in [0, 0.05) is 62.9 Å². The summed E-state index contributed by atoms with van der Waals surface area (Å²) in [4.78, 5) is 9.00. The summed E-state index contributed by atoms with van der Waals surface area (Å²) in [5, 5.41) is 26.9. The summed E-state index contributed by atoms with van der Waals surface area (Å²) in [5.74, 6) is 1.30. The number of aromatic nitrogens is 1. The molecule has 0 saturated carbocycles. The third-order valence-electron chi connectivity index (χ3n) is 5.38. The molecule has 0 radical (unpaired) electrons. The molecule has 0 atom stereocenters. The molecule has 3 rings (SSSR count). The van der Waals surface area contributed by atoms with E-state index < -0.39 is 0 Å². The topological polar surface area (TPSA) is 99.5 Å². The van der Waals surface area contributed by atoms with E-state index in [1.807, 2.05) is 6.07 Å². The van der Waals surface area contributed by atoms with Gasteiger partial charge in [0.25, 0.3) is 0 Å². The summed E-state index contributed by atoms with van der Waals surface area (Å²) in [7, 11) is 1.79. The van der Waals surface area contributed by atoms with E-state index in [0.29, 0.717) is 22.4 Å². The molecule has 0 spiro atoms. The van der Waals surface area contributed by atoms with Crippen LogP contribution in [0.4, 0.5) is 22.9 Å². The van der Waals surface area contributed by atoms with Gasteiger partial charge in [0.2, 0.25) is 0 Å². The van der Waals surface area contributed by atoms with Crippen molar-refractivity contribution in [3.63, 3.8) is 0 Å². The fraction of sp³-hybridized carbons (Fsp3) is 0.391. The summed E-state index contributed by atoms with van der Waals surface area (Å²) in [6.45, 7) is 8.57. The van der Waals surface area contributed by atoms with Gasteiger partial charge in [-0.25, -0.2) is 4.98 Å². The summed E-state index contributed by atoms with van der Waals surface area (Å²) < 4.78 is 0. The Morgan fingerprint density at radius 2 is 1.97 bits per heavy atom. The Morgan fingerprint density at radius 1 is 1.22 bits per heavy atom. The number of hydrogen-bond acceptors (Lipinski definition) is 8. The smallest absolute Gasteiger partial charge is 0.133 e. The highest BCUT2D eigenvalue weighted by atomic mass is 35.5. The lowest BCUT2D eigenvalue weighted by molar-refractivity contribution is 0.189. The first kappa shape index (κ1) is 23.8. The first-order chi connectivity index (χ1) is 15.4. The maximum atomic E-state index is 9.12. The van der Waals surface area contributed by atoms with Gasteiger partial charge in [0.05, 0.1) is 23.5 Å². The van der Waals surface area contributed by atoms with Crippen LogP contribution >= 0.6 is 11.6 Å². The predicted molar refractivity (Wildman–Crippen MR) is 134 cm³/mol. The molecule has 0 aliphatic carbocycles. The zero-order valence-electron chi connectivity index (χ0n) is 18.9. The number of nitrogens with one attached hydrogen (secondary N) is 4. The Kier molecular flexibility index (Phi) is 8.33.